The third kappa shape index (κ3) is 5.56. The lowest BCUT2D eigenvalue weighted by Gasteiger charge is -2.26. The first kappa shape index (κ1) is 23.1. The minimum atomic E-state index is -4.61. The van der Waals surface area contributed by atoms with E-state index in [-0.39, 0.29) is 22.9 Å². The van der Waals surface area contributed by atoms with Gasteiger partial charge in [0, 0.05) is 19.3 Å². The molecule has 1 saturated heterocycles. The molecular formula is C19H23F3N4O4S. The number of rotatable bonds is 7. The minimum absolute atomic E-state index is 0.00611. The maximum atomic E-state index is 12.9. The number of alkyl halides is 3. The molecule has 0 atom stereocenters. The molecule has 0 bridgehead atoms. The molecule has 1 aliphatic rings. The van der Waals surface area contributed by atoms with Crippen molar-refractivity contribution in [2.24, 2.45) is 0 Å². The molecule has 1 fully saturated rings. The Labute approximate surface area is 178 Å². The molecule has 0 saturated carbocycles. The monoisotopic (exact) mass is 460 g/mol. The number of nitrogens with one attached hydrogen (secondary N) is 1. The zero-order chi connectivity index (χ0) is 22.6. The number of hydrogen-bond acceptors (Lipinski definition) is 5. The van der Waals surface area contributed by atoms with E-state index in [0.29, 0.717) is 13.1 Å². The van der Waals surface area contributed by atoms with Crippen LogP contribution in [0.5, 0.6) is 5.75 Å². The Hall–Kier alpha value is -2.60. The van der Waals surface area contributed by atoms with E-state index in [9.17, 15) is 26.4 Å². The summed E-state index contributed by atoms with van der Waals surface area (Å²) >= 11 is 0. The molecule has 3 rings (SSSR count). The van der Waals surface area contributed by atoms with E-state index in [0.717, 1.165) is 36.2 Å². The summed E-state index contributed by atoms with van der Waals surface area (Å²) in [6.45, 7) is 2.38. The summed E-state index contributed by atoms with van der Waals surface area (Å²) in [6.07, 6.45) is -1.03. The molecule has 12 heteroatoms. The van der Waals surface area contributed by atoms with Gasteiger partial charge < -0.3 is 10.1 Å². The van der Waals surface area contributed by atoms with E-state index in [4.69, 9.17) is 4.74 Å². The Bertz CT molecular complexity index is 1030. The molecule has 0 unspecified atom stereocenters. The van der Waals surface area contributed by atoms with E-state index >= 15 is 0 Å². The predicted octanol–water partition coefficient (Wildman–Crippen LogP) is 3.11. The normalized spacial score (nSPS) is 15.6. The van der Waals surface area contributed by atoms with Gasteiger partial charge in [-0.2, -0.15) is 22.6 Å². The van der Waals surface area contributed by atoms with Crippen LogP contribution in [0.2, 0.25) is 0 Å². The Morgan fingerprint density at radius 1 is 1.19 bits per heavy atom. The second-order valence-electron chi connectivity index (χ2n) is 7.00. The van der Waals surface area contributed by atoms with Crippen molar-refractivity contribution in [2.75, 3.05) is 25.0 Å². The molecular weight excluding hydrogens is 437 g/mol. The van der Waals surface area contributed by atoms with Crippen LogP contribution in [0.15, 0.2) is 35.4 Å². The van der Waals surface area contributed by atoms with Crippen molar-refractivity contribution < 1.29 is 31.1 Å². The van der Waals surface area contributed by atoms with Crippen LogP contribution in [-0.2, 0) is 27.5 Å². The first-order valence-corrected chi connectivity index (χ1v) is 11.2. The van der Waals surface area contributed by atoms with Crippen molar-refractivity contribution in [1.82, 2.24) is 14.1 Å². The maximum absolute atomic E-state index is 12.9. The minimum Gasteiger partial charge on any atom is -0.492 e. The van der Waals surface area contributed by atoms with Gasteiger partial charge in [-0.25, -0.2) is 8.42 Å². The number of halogens is 3. The molecule has 0 spiro atoms. The molecule has 1 aliphatic heterocycles. The average molecular weight is 460 g/mol. The summed E-state index contributed by atoms with van der Waals surface area (Å²) in [4.78, 5) is 12.4. The van der Waals surface area contributed by atoms with Crippen LogP contribution in [0.4, 0.5) is 18.9 Å². The summed E-state index contributed by atoms with van der Waals surface area (Å²) in [5.74, 6) is -0.421. The predicted molar refractivity (Wildman–Crippen MR) is 106 cm³/mol. The standard InChI is InChI=1S/C19H23F3N4O4S/c1-2-30-16-7-6-14(31(28,29)26-9-4-3-5-10-26)12-15(16)23-18(27)13-25-11-8-17(24-25)19(20,21)22/h6-8,11-12H,2-5,9-10,13H2,1H3,(H,23,27). The largest absolute Gasteiger partial charge is 0.492 e. The van der Waals surface area contributed by atoms with Crippen molar-refractivity contribution in [3.8, 4) is 5.75 Å². The number of nitrogens with zero attached hydrogens (tertiary/aromatic N) is 3. The Morgan fingerprint density at radius 3 is 2.52 bits per heavy atom. The molecule has 2 aromatic rings. The quantitative estimate of drug-likeness (QED) is 0.685. The van der Waals surface area contributed by atoms with E-state index in [1.165, 1.54) is 22.5 Å². The van der Waals surface area contributed by atoms with Gasteiger partial charge in [0.05, 0.1) is 17.2 Å². The summed E-state index contributed by atoms with van der Waals surface area (Å²) in [6, 6.07) is 4.93. The van der Waals surface area contributed by atoms with Crippen LogP contribution >= 0.6 is 0 Å². The van der Waals surface area contributed by atoms with Gasteiger partial charge in [0.2, 0.25) is 15.9 Å². The number of ether oxygens (including phenoxy) is 1. The molecule has 31 heavy (non-hydrogen) atoms. The van der Waals surface area contributed by atoms with Gasteiger partial charge in [-0.05, 0) is 44.0 Å². The van der Waals surface area contributed by atoms with Gasteiger partial charge in [-0.3, -0.25) is 9.48 Å². The molecule has 2 heterocycles. The van der Waals surface area contributed by atoms with Crippen LogP contribution < -0.4 is 10.1 Å². The summed E-state index contributed by atoms with van der Waals surface area (Å²) in [5.41, 5.74) is -0.988. The molecule has 0 aliphatic carbocycles. The number of anilines is 1. The molecule has 170 valence electrons. The number of sulfonamides is 1. The lowest BCUT2D eigenvalue weighted by atomic mass is 10.2. The van der Waals surface area contributed by atoms with Crippen molar-refractivity contribution in [3.63, 3.8) is 0 Å². The third-order valence-electron chi connectivity index (χ3n) is 4.71. The number of carbonyl (C=O) groups excluding carboxylic acids is 1. The summed E-state index contributed by atoms with van der Waals surface area (Å²) in [5, 5.41) is 5.86. The van der Waals surface area contributed by atoms with Crippen molar-refractivity contribution in [2.45, 2.75) is 43.8 Å². The fourth-order valence-electron chi connectivity index (χ4n) is 3.24. The summed E-state index contributed by atoms with van der Waals surface area (Å²) < 4.78 is 71.6. The fraction of sp³-hybridized carbons (Fsp3) is 0.474. The zero-order valence-corrected chi connectivity index (χ0v) is 17.7. The highest BCUT2D eigenvalue weighted by molar-refractivity contribution is 7.89. The third-order valence-corrected chi connectivity index (χ3v) is 6.61. The number of carbonyl (C=O) groups is 1. The van der Waals surface area contributed by atoms with Gasteiger partial charge >= 0.3 is 6.18 Å². The van der Waals surface area contributed by atoms with Crippen LogP contribution in [0.3, 0.4) is 0 Å². The number of hydrogen-bond donors (Lipinski definition) is 1. The number of benzene rings is 1. The van der Waals surface area contributed by atoms with Gasteiger partial charge in [0.15, 0.2) is 5.69 Å². The average Bonchev–Trinajstić information content (AvgIpc) is 3.19. The second-order valence-corrected chi connectivity index (χ2v) is 8.94. The smallest absolute Gasteiger partial charge is 0.435 e. The van der Waals surface area contributed by atoms with Gasteiger partial charge in [-0.15, -0.1) is 0 Å². The van der Waals surface area contributed by atoms with Crippen LogP contribution in [0, 0.1) is 0 Å². The molecule has 1 aromatic heterocycles. The Balaban J connectivity index is 1.80. The number of aromatic nitrogens is 2. The topological polar surface area (TPSA) is 93.5 Å². The zero-order valence-electron chi connectivity index (χ0n) is 16.9. The first-order valence-electron chi connectivity index (χ1n) is 9.79. The number of piperidine rings is 1. The van der Waals surface area contributed by atoms with Gasteiger partial charge in [0.1, 0.15) is 12.3 Å². The first-order chi connectivity index (χ1) is 14.6. The summed E-state index contributed by atoms with van der Waals surface area (Å²) in [7, 11) is -3.74. The van der Waals surface area contributed by atoms with Gasteiger partial charge in [0.25, 0.3) is 0 Å². The van der Waals surface area contributed by atoms with Crippen molar-refractivity contribution >= 4 is 21.6 Å². The Morgan fingerprint density at radius 2 is 1.90 bits per heavy atom. The second kappa shape index (κ2) is 9.27. The fourth-order valence-corrected chi connectivity index (χ4v) is 4.78. The van der Waals surface area contributed by atoms with Crippen molar-refractivity contribution in [3.05, 3.63) is 36.2 Å². The molecule has 1 aromatic carbocycles. The van der Waals surface area contributed by atoms with E-state index in [1.807, 2.05) is 0 Å². The van der Waals surface area contributed by atoms with E-state index in [2.05, 4.69) is 10.4 Å². The number of amides is 1. The molecule has 8 nitrogen and oxygen atoms in total. The van der Waals surface area contributed by atoms with E-state index in [1.54, 1.807) is 6.92 Å². The lowest BCUT2D eigenvalue weighted by molar-refractivity contribution is -0.141. The Kier molecular flexibility index (Phi) is 6.90. The van der Waals surface area contributed by atoms with Crippen LogP contribution in [-0.4, -0.2) is 48.1 Å². The lowest BCUT2D eigenvalue weighted by Crippen LogP contribution is -2.35. The molecule has 1 N–H and O–H groups in total. The van der Waals surface area contributed by atoms with Crippen molar-refractivity contribution in [1.29, 1.82) is 0 Å². The highest BCUT2D eigenvalue weighted by Gasteiger charge is 2.33. The van der Waals surface area contributed by atoms with Crippen LogP contribution in [0.25, 0.3) is 0 Å². The van der Waals surface area contributed by atoms with E-state index < -0.39 is 34.3 Å². The SMILES string of the molecule is CCOc1ccc(S(=O)(=O)N2CCCCC2)cc1NC(=O)Cn1ccc(C(F)(F)F)n1. The molecule has 0 radical (unpaired) electrons. The molecule has 1 amide bonds. The van der Waals surface area contributed by atoms with Crippen LogP contribution in [0.1, 0.15) is 31.9 Å². The highest BCUT2D eigenvalue weighted by Crippen LogP contribution is 2.30. The maximum Gasteiger partial charge on any atom is 0.435 e. The highest BCUT2D eigenvalue weighted by atomic mass is 32.2. The van der Waals surface area contributed by atoms with Gasteiger partial charge in [-0.1, -0.05) is 6.42 Å².